The van der Waals surface area contributed by atoms with E-state index in [-0.39, 0.29) is 5.91 Å². The number of halogens is 1. The van der Waals surface area contributed by atoms with E-state index in [1.165, 1.54) is 11.1 Å². The maximum atomic E-state index is 12.2. The fourth-order valence-electron chi connectivity index (χ4n) is 3.35. The van der Waals surface area contributed by atoms with E-state index in [4.69, 9.17) is 11.6 Å². The number of likely N-dealkylation sites (tertiary alicyclic amines) is 1. The molecule has 0 aromatic heterocycles. The molecular weight excluding hydrogens is 318 g/mol. The molecule has 0 atom stereocenters. The standard InChI is InChI=1S/C21H24ClNO/c1-2-16(9-12-20(24)23-13-5-6-14-23)15-18-11-10-17-7-3-4-8-19(17)21(18)22/h3-4,7-9,12,15H,2,5-6,10-11,13-14H2,1H3. The second-order valence-electron chi connectivity index (χ2n) is 6.43. The zero-order valence-electron chi connectivity index (χ0n) is 14.2. The second-order valence-corrected chi connectivity index (χ2v) is 6.81. The third kappa shape index (κ3) is 3.81. The second kappa shape index (κ2) is 7.85. The summed E-state index contributed by atoms with van der Waals surface area (Å²) in [5.41, 5.74) is 4.78. The molecule has 0 N–H and O–H groups in total. The zero-order valence-corrected chi connectivity index (χ0v) is 15.0. The molecule has 3 heteroatoms. The number of carbonyl (C=O) groups excluding carboxylic acids is 1. The third-order valence-corrected chi connectivity index (χ3v) is 5.27. The number of fused-ring (bicyclic) bond motifs is 1. The van der Waals surface area contributed by atoms with Crippen molar-refractivity contribution in [2.24, 2.45) is 0 Å². The van der Waals surface area contributed by atoms with Crippen molar-refractivity contribution in [3.63, 3.8) is 0 Å². The number of benzene rings is 1. The Hall–Kier alpha value is -1.80. The maximum Gasteiger partial charge on any atom is 0.246 e. The number of rotatable bonds is 4. The minimum atomic E-state index is 0.126. The molecule has 0 bridgehead atoms. The van der Waals surface area contributed by atoms with E-state index >= 15 is 0 Å². The summed E-state index contributed by atoms with van der Waals surface area (Å²) in [7, 11) is 0. The Balaban J connectivity index is 1.79. The smallest absolute Gasteiger partial charge is 0.246 e. The lowest BCUT2D eigenvalue weighted by atomic mass is 9.90. The topological polar surface area (TPSA) is 20.3 Å². The largest absolute Gasteiger partial charge is 0.339 e. The van der Waals surface area contributed by atoms with Gasteiger partial charge in [-0.3, -0.25) is 4.79 Å². The average Bonchev–Trinajstić information content (AvgIpc) is 3.15. The summed E-state index contributed by atoms with van der Waals surface area (Å²) < 4.78 is 0. The predicted molar refractivity (Wildman–Crippen MR) is 101 cm³/mol. The molecule has 126 valence electrons. The van der Waals surface area contributed by atoms with Gasteiger partial charge in [-0.25, -0.2) is 0 Å². The van der Waals surface area contributed by atoms with E-state index in [0.717, 1.165) is 61.4 Å². The lowest BCUT2D eigenvalue weighted by Gasteiger charge is -2.18. The fraction of sp³-hybridized carbons (Fsp3) is 0.381. The number of amides is 1. The number of hydrogen-bond acceptors (Lipinski definition) is 1. The van der Waals surface area contributed by atoms with Gasteiger partial charge < -0.3 is 4.90 Å². The average molecular weight is 342 g/mol. The molecule has 1 fully saturated rings. The lowest BCUT2D eigenvalue weighted by Crippen LogP contribution is -2.25. The Bertz CT molecular complexity index is 708. The van der Waals surface area contributed by atoms with Crippen molar-refractivity contribution >= 4 is 22.5 Å². The molecule has 24 heavy (non-hydrogen) atoms. The molecule has 1 saturated heterocycles. The van der Waals surface area contributed by atoms with Crippen LogP contribution in [0.25, 0.3) is 5.03 Å². The van der Waals surface area contributed by atoms with Gasteiger partial charge in [0.1, 0.15) is 0 Å². The molecule has 1 amide bonds. The van der Waals surface area contributed by atoms with Crippen LogP contribution in [0, 0.1) is 0 Å². The van der Waals surface area contributed by atoms with Crippen LogP contribution in [0.3, 0.4) is 0 Å². The Morgan fingerprint density at radius 3 is 2.67 bits per heavy atom. The van der Waals surface area contributed by atoms with Crippen molar-refractivity contribution in [2.75, 3.05) is 13.1 Å². The fourth-order valence-corrected chi connectivity index (χ4v) is 3.69. The van der Waals surface area contributed by atoms with E-state index < -0.39 is 0 Å². The van der Waals surface area contributed by atoms with Gasteiger partial charge in [0.2, 0.25) is 5.91 Å². The van der Waals surface area contributed by atoms with Gasteiger partial charge in [0, 0.05) is 19.2 Å². The molecule has 0 unspecified atom stereocenters. The third-order valence-electron chi connectivity index (χ3n) is 4.83. The molecule has 3 rings (SSSR count). The molecule has 1 aromatic carbocycles. The highest BCUT2D eigenvalue weighted by Crippen LogP contribution is 2.35. The molecule has 2 aliphatic rings. The van der Waals surface area contributed by atoms with Crippen molar-refractivity contribution < 1.29 is 4.79 Å². The van der Waals surface area contributed by atoms with Crippen LogP contribution in [0.5, 0.6) is 0 Å². The van der Waals surface area contributed by atoms with Crippen LogP contribution in [0.4, 0.5) is 0 Å². The molecule has 1 aliphatic heterocycles. The molecule has 1 aliphatic carbocycles. The van der Waals surface area contributed by atoms with Crippen LogP contribution < -0.4 is 0 Å². The molecule has 2 nitrogen and oxygen atoms in total. The first-order valence-electron chi connectivity index (χ1n) is 8.83. The number of hydrogen-bond donors (Lipinski definition) is 0. The number of allylic oxidation sites excluding steroid dienone is 4. The van der Waals surface area contributed by atoms with Gasteiger partial charge in [-0.15, -0.1) is 0 Å². The molecular formula is C21H24ClNO. The first-order valence-corrected chi connectivity index (χ1v) is 9.21. The Labute approximate surface area is 149 Å². The Kier molecular flexibility index (Phi) is 5.57. The summed E-state index contributed by atoms with van der Waals surface area (Å²) in [6.07, 6.45) is 10.9. The van der Waals surface area contributed by atoms with Gasteiger partial charge in [0.15, 0.2) is 0 Å². The minimum Gasteiger partial charge on any atom is -0.339 e. The van der Waals surface area contributed by atoms with Crippen LogP contribution in [0.2, 0.25) is 0 Å². The van der Waals surface area contributed by atoms with Gasteiger partial charge in [-0.2, -0.15) is 0 Å². The first kappa shape index (κ1) is 17.0. The van der Waals surface area contributed by atoms with E-state index in [2.05, 4.69) is 31.2 Å². The van der Waals surface area contributed by atoms with Crippen LogP contribution >= 0.6 is 11.6 Å². The van der Waals surface area contributed by atoms with Crippen molar-refractivity contribution in [2.45, 2.75) is 39.0 Å². The summed E-state index contributed by atoms with van der Waals surface area (Å²) in [6, 6.07) is 8.33. The van der Waals surface area contributed by atoms with Crippen LogP contribution in [0.15, 0.2) is 53.6 Å². The van der Waals surface area contributed by atoms with Crippen LogP contribution in [-0.2, 0) is 11.2 Å². The molecule has 0 spiro atoms. The summed E-state index contributed by atoms with van der Waals surface area (Å²) >= 11 is 6.62. The molecule has 0 saturated carbocycles. The molecule has 1 aromatic rings. The van der Waals surface area contributed by atoms with Gasteiger partial charge >= 0.3 is 0 Å². The van der Waals surface area contributed by atoms with Crippen molar-refractivity contribution in [3.05, 3.63) is 64.8 Å². The van der Waals surface area contributed by atoms with E-state index in [0.29, 0.717) is 0 Å². The Morgan fingerprint density at radius 2 is 1.92 bits per heavy atom. The van der Waals surface area contributed by atoms with Crippen LogP contribution in [-0.4, -0.2) is 23.9 Å². The van der Waals surface area contributed by atoms with E-state index in [1.807, 2.05) is 17.0 Å². The van der Waals surface area contributed by atoms with E-state index in [9.17, 15) is 4.79 Å². The number of carbonyl (C=O) groups is 1. The predicted octanol–water partition coefficient (Wildman–Crippen LogP) is 5.10. The van der Waals surface area contributed by atoms with Gasteiger partial charge in [-0.05, 0) is 54.4 Å². The number of aryl methyl sites for hydroxylation is 1. The van der Waals surface area contributed by atoms with Gasteiger partial charge in [-0.1, -0.05) is 54.9 Å². The zero-order chi connectivity index (χ0) is 16.9. The molecule has 0 radical (unpaired) electrons. The monoisotopic (exact) mass is 341 g/mol. The number of nitrogens with zero attached hydrogens (tertiary/aromatic N) is 1. The van der Waals surface area contributed by atoms with Crippen molar-refractivity contribution in [1.29, 1.82) is 0 Å². The van der Waals surface area contributed by atoms with Crippen molar-refractivity contribution in [3.8, 4) is 0 Å². The summed E-state index contributed by atoms with van der Waals surface area (Å²) in [6.45, 7) is 3.89. The highest BCUT2D eigenvalue weighted by Gasteiger charge is 2.17. The maximum absolute atomic E-state index is 12.2. The quantitative estimate of drug-likeness (QED) is 0.551. The van der Waals surface area contributed by atoms with Gasteiger partial charge in [0.25, 0.3) is 0 Å². The Morgan fingerprint density at radius 1 is 1.17 bits per heavy atom. The van der Waals surface area contributed by atoms with E-state index in [1.54, 1.807) is 6.08 Å². The van der Waals surface area contributed by atoms with Crippen LogP contribution in [0.1, 0.15) is 43.7 Å². The normalized spacial score (nSPS) is 18.4. The van der Waals surface area contributed by atoms with Gasteiger partial charge in [0.05, 0.1) is 5.03 Å². The highest BCUT2D eigenvalue weighted by atomic mass is 35.5. The summed E-state index contributed by atoms with van der Waals surface area (Å²) in [5, 5.41) is 0.849. The first-order chi connectivity index (χ1) is 11.7. The van der Waals surface area contributed by atoms with Crippen molar-refractivity contribution in [1.82, 2.24) is 4.90 Å². The SMILES string of the molecule is CCC(C=CC(=O)N1CCCC1)=CC1=C(Cl)c2ccccc2CC1. The summed E-state index contributed by atoms with van der Waals surface area (Å²) in [5.74, 6) is 0.126. The highest BCUT2D eigenvalue weighted by molar-refractivity contribution is 6.49. The molecule has 1 heterocycles. The lowest BCUT2D eigenvalue weighted by molar-refractivity contribution is -0.124. The minimum absolute atomic E-state index is 0.126. The summed E-state index contributed by atoms with van der Waals surface area (Å²) in [4.78, 5) is 14.1.